The highest BCUT2D eigenvalue weighted by Gasteiger charge is 2.32. The standard InChI is InChI=1S/C14H25N3O3/c1-2-5-12(13(18)19)15-14(20)17-9-8-16-7-4-3-6-11(16)10-17/h11-12H,2-10H2,1H3,(H,15,20)(H,18,19). The minimum Gasteiger partial charge on any atom is -0.480 e. The summed E-state index contributed by atoms with van der Waals surface area (Å²) in [4.78, 5) is 27.5. The number of urea groups is 1. The molecule has 2 rings (SSSR count). The van der Waals surface area contributed by atoms with Crippen LogP contribution < -0.4 is 5.32 Å². The van der Waals surface area contributed by atoms with Crippen LogP contribution in [-0.4, -0.2) is 65.2 Å². The SMILES string of the molecule is CCCC(NC(=O)N1CCN2CCCCC2C1)C(=O)O. The molecule has 0 aromatic heterocycles. The van der Waals surface area contributed by atoms with E-state index in [1.807, 2.05) is 6.92 Å². The maximum atomic E-state index is 12.2. The molecule has 2 fully saturated rings. The highest BCUT2D eigenvalue weighted by molar-refractivity contribution is 5.82. The first-order valence-electron chi connectivity index (χ1n) is 7.64. The van der Waals surface area contributed by atoms with E-state index in [4.69, 9.17) is 5.11 Å². The van der Waals surface area contributed by atoms with Crippen molar-refractivity contribution in [1.29, 1.82) is 0 Å². The van der Waals surface area contributed by atoms with E-state index < -0.39 is 12.0 Å². The fourth-order valence-corrected chi connectivity index (χ4v) is 3.13. The monoisotopic (exact) mass is 283 g/mol. The summed E-state index contributed by atoms with van der Waals surface area (Å²) in [5.74, 6) is -0.948. The molecule has 0 spiro atoms. The van der Waals surface area contributed by atoms with Gasteiger partial charge in [-0.25, -0.2) is 9.59 Å². The van der Waals surface area contributed by atoms with Gasteiger partial charge in [0, 0.05) is 25.7 Å². The van der Waals surface area contributed by atoms with Gasteiger partial charge >= 0.3 is 12.0 Å². The first kappa shape index (κ1) is 15.1. The molecule has 2 amide bonds. The molecule has 2 unspecified atom stereocenters. The first-order valence-corrected chi connectivity index (χ1v) is 7.64. The normalized spacial score (nSPS) is 24.9. The Morgan fingerprint density at radius 1 is 1.30 bits per heavy atom. The Kier molecular flexibility index (Phi) is 5.23. The van der Waals surface area contributed by atoms with Crippen LogP contribution in [0.4, 0.5) is 4.79 Å². The molecule has 0 bridgehead atoms. The maximum absolute atomic E-state index is 12.2. The molecule has 0 aromatic rings. The number of piperazine rings is 1. The molecule has 2 saturated heterocycles. The third-order valence-corrected chi connectivity index (χ3v) is 4.30. The van der Waals surface area contributed by atoms with E-state index in [2.05, 4.69) is 10.2 Å². The third kappa shape index (κ3) is 3.62. The summed E-state index contributed by atoms with van der Waals surface area (Å²) in [7, 11) is 0. The Morgan fingerprint density at radius 3 is 2.80 bits per heavy atom. The Morgan fingerprint density at radius 2 is 2.10 bits per heavy atom. The van der Waals surface area contributed by atoms with Crippen LogP contribution in [0.25, 0.3) is 0 Å². The fourth-order valence-electron chi connectivity index (χ4n) is 3.13. The number of piperidine rings is 1. The topological polar surface area (TPSA) is 72.9 Å². The number of aliphatic carboxylic acids is 1. The number of rotatable bonds is 4. The third-order valence-electron chi connectivity index (χ3n) is 4.30. The van der Waals surface area contributed by atoms with E-state index in [1.54, 1.807) is 4.90 Å². The lowest BCUT2D eigenvalue weighted by atomic mass is 10.00. The van der Waals surface area contributed by atoms with Crippen molar-refractivity contribution in [3.8, 4) is 0 Å². The van der Waals surface area contributed by atoms with E-state index in [-0.39, 0.29) is 6.03 Å². The molecule has 114 valence electrons. The van der Waals surface area contributed by atoms with Crippen LogP contribution in [0, 0.1) is 0 Å². The van der Waals surface area contributed by atoms with Crippen LogP contribution >= 0.6 is 0 Å². The molecule has 2 heterocycles. The van der Waals surface area contributed by atoms with Gasteiger partial charge in [0.2, 0.25) is 0 Å². The van der Waals surface area contributed by atoms with Crippen LogP contribution in [0.2, 0.25) is 0 Å². The molecular formula is C14H25N3O3. The molecule has 0 radical (unpaired) electrons. The lowest BCUT2D eigenvalue weighted by molar-refractivity contribution is -0.139. The Labute approximate surface area is 120 Å². The van der Waals surface area contributed by atoms with Gasteiger partial charge in [-0.1, -0.05) is 19.8 Å². The van der Waals surface area contributed by atoms with Gasteiger partial charge in [0.25, 0.3) is 0 Å². The zero-order valence-electron chi connectivity index (χ0n) is 12.2. The quantitative estimate of drug-likeness (QED) is 0.811. The van der Waals surface area contributed by atoms with E-state index in [0.29, 0.717) is 19.0 Å². The minimum atomic E-state index is -0.948. The number of carbonyl (C=O) groups excluding carboxylic acids is 1. The van der Waals surface area contributed by atoms with Crippen LogP contribution in [0.3, 0.4) is 0 Å². The van der Waals surface area contributed by atoms with E-state index >= 15 is 0 Å². The molecule has 2 aliphatic rings. The van der Waals surface area contributed by atoms with Gasteiger partial charge in [-0.2, -0.15) is 0 Å². The lowest BCUT2D eigenvalue weighted by Crippen LogP contribution is -2.59. The molecule has 0 aliphatic carbocycles. The Bertz CT molecular complexity index is 362. The number of amides is 2. The number of nitrogens with one attached hydrogen (secondary N) is 1. The van der Waals surface area contributed by atoms with Crippen molar-refractivity contribution in [2.24, 2.45) is 0 Å². The maximum Gasteiger partial charge on any atom is 0.326 e. The molecule has 0 aromatic carbocycles. The summed E-state index contributed by atoms with van der Waals surface area (Å²) >= 11 is 0. The summed E-state index contributed by atoms with van der Waals surface area (Å²) in [6.45, 7) is 5.38. The average Bonchev–Trinajstić information content (AvgIpc) is 2.46. The first-order chi connectivity index (χ1) is 9.61. The van der Waals surface area contributed by atoms with E-state index in [0.717, 1.165) is 32.5 Å². The molecule has 2 aliphatic heterocycles. The highest BCUT2D eigenvalue weighted by atomic mass is 16.4. The van der Waals surface area contributed by atoms with Gasteiger partial charge in [0.15, 0.2) is 0 Å². The van der Waals surface area contributed by atoms with Crippen molar-refractivity contribution in [2.45, 2.75) is 51.1 Å². The zero-order chi connectivity index (χ0) is 14.5. The number of nitrogens with zero attached hydrogens (tertiary/aromatic N) is 2. The van der Waals surface area contributed by atoms with Gasteiger partial charge in [0.1, 0.15) is 6.04 Å². The van der Waals surface area contributed by atoms with Gasteiger partial charge < -0.3 is 15.3 Å². The lowest BCUT2D eigenvalue weighted by Gasteiger charge is -2.44. The van der Waals surface area contributed by atoms with Gasteiger partial charge in [-0.3, -0.25) is 4.90 Å². The van der Waals surface area contributed by atoms with Crippen molar-refractivity contribution in [2.75, 3.05) is 26.2 Å². The molecule has 6 heteroatoms. The zero-order valence-corrected chi connectivity index (χ0v) is 12.2. The molecular weight excluding hydrogens is 258 g/mol. The van der Waals surface area contributed by atoms with Crippen molar-refractivity contribution >= 4 is 12.0 Å². The summed E-state index contributed by atoms with van der Waals surface area (Å²) in [5.41, 5.74) is 0. The summed E-state index contributed by atoms with van der Waals surface area (Å²) < 4.78 is 0. The van der Waals surface area contributed by atoms with E-state index in [1.165, 1.54) is 12.8 Å². The number of carboxylic acids is 1. The fraction of sp³-hybridized carbons (Fsp3) is 0.857. The van der Waals surface area contributed by atoms with Crippen molar-refractivity contribution in [3.63, 3.8) is 0 Å². The number of carboxylic acid groups (broad SMARTS) is 1. The predicted octanol–water partition coefficient (Wildman–Crippen LogP) is 1.12. The minimum absolute atomic E-state index is 0.226. The second kappa shape index (κ2) is 6.92. The van der Waals surface area contributed by atoms with Crippen LogP contribution in [0.5, 0.6) is 0 Å². The van der Waals surface area contributed by atoms with Crippen molar-refractivity contribution in [1.82, 2.24) is 15.1 Å². The molecule has 20 heavy (non-hydrogen) atoms. The van der Waals surface area contributed by atoms with Gasteiger partial charge in [0.05, 0.1) is 0 Å². The van der Waals surface area contributed by atoms with Crippen LogP contribution in [0.15, 0.2) is 0 Å². The molecule has 6 nitrogen and oxygen atoms in total. The summed E-state index contributed by atoms with van der Waals surface area (Å²) in [5, 5.41) is 11.7. The van der Waals surface area contributed by atoms with E-state index in [9.17, 15) is 9.59 Å². The second-order valence-corrected chi connectivity index (χ2v) is 5.76. The van der Waals surface area contributed by atoms with Crippen LogP contribution in [0.1, 0.15) is 39.0 Å². The van der Waals surface area contributed by atoms with Gasteiger partial charge in [-0.15, -0.1) is 0 Å². The molecule has 0 saturated carbocycles. The smallest absolute Gasteiger partial charge is 0.326 e. The number of carbonyl (C=O) groups is 2. The van der Waals surface area contributed by atoms with Crippen LogP contribution in [-0.2, 0) is 4.79 Å². The summed E-state index contributed by atoms with van der Waals surface area (Å²) in [6.07, 6.45) is 4.84. The molecule has 2 N–H and O–H groups in total. The molecule has 2 atom stereocenters. The van der Waals surface area contributed by atoms with Crippen molar-refractivity contribution in [3.05, 3.63) is 0 Å². The number of fused-ring (bicyclic) bond motifs is 1. The predicted molar refractivity (Wildman–Crippen MR) is 75.6 cm³/mol. The Balaban J connectivity index is 1.87. The number of hydrogen-bond donors (Lipinski definition) is 2. The van der Waals surface area contributed by atoms with Gasteiger partial charge in [-0.05, 0) is 25.8 Å². The second-order valence-electron chi connectivity index (χ2n) is 5.76. The van der Waals surface area contributed by atoms with Crippen molar-refractivity contribution < 1.29 is 14.7 Å². The largest absolute Gasteiger partial charge is 0.480 e. The average molecular weight is 283 g/mol. The highest BCUT2D eigenvalue weighted by Crippen LogP contribution is 2.21. The summed E-state index contributed by atoms with van der Waals surface area (Å²) in [6, 6.07) is -0.536. The number of hydrogen-bond acceptors (Lipinski definition) is 3. The Hall–Kier alpha value is -1.30.